The minimum atomic E-state index is 0.258. The highest BCUT2D eigenvalue weighted by Crippen LogP contribution is 2.10. The number of rotatable bonds is 3. The van der Waals surface area contributed by atoms with E-state index in [4.69, 9.17) is 10.5 Å². The lowest BCUT2D eigenvalue weighted by Gasteiger charge is -2.06. The van der Waals surface area contributed by atoms with Gasteiger partial charge in [0.1, 0.15) is 6.07 Å². The van der Waals surface area contributed by atoms with Gasteiger partial charge < -0.3 is 5.32 Å². The lowest BCUT2D eigenvalue weighted by Crippen LogP contribution is -2.04. The predicted molar refractivity (Wildman–Crippen MR) is 65.2 cm³/mol. The minimum absolute atomic E-state index is 0.258. The summed E-state index contributed by atoms with van der Waals surface area (Å²) in [5.41, 5.74) is 1.81. The molecule has 0 saturated heterocycles. The number of hydrogen-bond acceptors (Lipinski definition) is 5. The molecule has 1 aromatic heterocycles. The second-order valence-electron chi connectivity index (χ2n) is 3.53. The summed E-state index contributed by atoms with van der Waals surface area (Å²) in [5.74, 6) is 0.447. The van der Waals surface area contributed by atoms with Crippen molar-refractivity contribution in [1.29, 1.82) is 10.5 Å². The third kappa shape index (κ3) is 2.60. The first kappa shape index (κ1) is 11.6. The number of anilines is 1. The van der Waals surface area contributed by atoms with Crippen molar-refractivity contribution in [2.75, 3.05) is 5.32 Å². The van der Waals surface area contributed by atoms with Gasteiger partial charge in [0.05, 0.1) is 11.6 Å². The van der Waals surface area contributed by atoms with Crippen LogP contribution in [0.25, 0.3) is 0 Å². The van der Waals surface area contributed by atoms with Gasteiger partial charge in [-0.15, -0.1) is 0 Å². The predicted octanol–water partition coefficient (Wildman–Crippen LogP) is 1.83. The maximum absolute atomic E-state index is 8.86. The SMILES string of the molecule is N#Cc1cccc(CNc2nccnc2C#N)c1. The highest BCUT2D eigenvalue weighted by Gasteiger charge is 2.03. The van der Waals surface area contributed by atoms with Crippen LogP contribution in [0.15, 0.2) is 36.7 Å². The van der Waals surface area contributed by atoms with Crippen molar-refractivity contribution < 1.29 is 0 Å². The van der Waals surface area contributed by atoms with Crippen molar-refractivity contribution in [1.82, 2.24) is 9.97 Å². The van der Waals surface area contributed by atoms with Crippen LogP contribution in [0.3, 0.4) is 0 Å². The maximum Gasteiger partial charge on any atom is 0.182 e. The first-order valence-electron chi connectivity index (χ1n) is 5.27. The Labute approximate surface area is 104 Å². The molecule has 0 saturated carbocycles. The normalized spacial score (nSPS) is 9.22. The fourth-order valence-electron chi connectivity index (χ4n) is 1.49. The maximum atomic E-state index is 8.86. The summed E-state index contributed by atoms with van der Waals surface area (Å²) in [7, 11) is 0. The van der Waals surface area contributed by atoms with Gasteiger partial charge in [-0.1, -0.05) is 12.1 Å². The monoisotopic (exact) mass is 235 g/mol. The fourth-order valence-corrected chi connectivity index (χ4v) is 1.49. The average molecular weight is 235 g/mol. The summed E-state index contributed by atoms with van der Waals surface area (Å²) in [6.07, 6.45) is 2.99. The number of nitriles is 2. The van der Waals surface area contributed by atoms with Crippen LogP contribution in [0, 0.1) is 22.7 Å². The zero-order valence-electron chi connectivity index (χ0n) is 9.46. The molecule has 0 aliphatic carbocycles. The van der Waals surface area contributed by atoms with E-state index in [2.05, 4.69) is 21.4 Å². The van der Waals surface area contributed by atoms with E-state index >= 15 is 0 Å². The van der Waals surface area contributed by atoms with Gasteiger partial charge >= 0.3 is 0 Å². The summed E-state index contributed by atoms with van der Waals surface area (Å²) in [5, 5.41) is 20.7. The summed E-state index contributed by atoms with van der Waals surface area (Å²) < 4.78 is 0. The van der Waals surface area contributed by atoms with Gasteiger partial charge in [0.25, 0.3) is 0 Å². The zero-order valence-corrected chi connectivity index (χ0v) is 9.46. The zero-order chi connectivity index (χ0) is 12.8. The van der Waals surface area contributed by atoms with Crippen molar-refractivity contribution in [3.63, 3.8) is 0 Å². The Morgan fingerprint density at radius 1 is 1.11 bits per heavy atom. The standard InChI is InChI=1S/C13H9N5/c14-7-10-2-1-3-11(6-10)9-18-13-12(8-15)16-4-5-17-13/h1-6H,9H2,(H,17,18). The van der Waals surface area contributed by atoms with E-state index in [-0.39, 0.29) is 5.69 Å². The molecule has 0 unspecified atom stereocenters. The summed E-state index contributed by atoms with van der Waals surface area (Å²) in [6.45, 7) is 0.489. The van der Waals surface area contributed by atoms with Crippen LogP contribution in [0.4, 0.5) is 5.82 Å². The molecule has 0 aliphatic heterocycles. The number of nitrogens with one attached hydrogen (secondary N) is 1. The molecule has 0 amide bonds. The van der Waals surface area contributed by atoms with E-state index in [1.165, 1.54) is 12.4 Å². The third-order valence-electron chi connectivity index (χ3n) is 2.32. The molecular formula is C13H9N5. The molecule has 2 rings (SSSR count). The first-order valence-corrected chi connectivity index (χ1v) is 5.27. The Bertz CT molecular complexity index is 636. The smallest absolute Gasteiger partial charge is 0.182 e. The van der Waals surface area contributed by atoms with Crippen LogP contribution >= 0.6 is 0 Å². The highest BCUT2D eigenvalue weighted by molar-refractivity contribution is 5.47. The van der Waals surface area contributed by atoms with Crippen molar-refractivity contribution in [2.45, 2.75) is 6.54 Å². The molecule has 18 heavy (non-hydrogen) atoms. The van der Waals surface area contributed by atoms with E-state index in [1.807, 2.05) is 18.2 Å². The number of hydrogen-bond donors (Lipinski definition) is 1. The van der Waals surface area contributed by atoms with Crippen LogP contribution in [-0.4, -0.2) is 9.97 Å². The Balaban J connectivity index is 2.12. The minimum Gasteiger partial charge on any atom is -0.364 e. The van der Waals surface area contributed by atoms with Crippen LogP contribution in [0.1, 0.15) is 16.8 Å². The van der Waals surface area contributed by atoms with Gasteiger partial charge in [-0.05, 0) is 17.7 Å². The first-order chi connectivity index (χ1) is 8.83. The number of aromatic nitrogens is 2. The van der Waals surface area contributed by atoms with E-state index in [0.29, 0.717) is 17.9 Å². The molecule has 0 radical (unpaired) electrons. The van der Waals surface area contributed by atoms with Crippen molar-refractivity contribution in [2.24, 2.45) is 0 Å². The van der Waals surface area contributed by atoms with Gasteiger partial charge in [0.2, 0.25) is 0 Å². The molecule has 1 heterocycles. The molecule has 0 spiro atoms. The topological polar surface area (TPSA) is 85.4 Å². The van der Waals surface area contributed by atoms with Gasteiger partial charge in [-0.25, -0.2) is 9.97 Å². The second-order valence-corrected chi connectivity index (χ2v) is 3.53. The fraction of sp³-hybridized carbons (Fsp3) is 0.0769. The molecule has 1 N–H and O–H groups in total. The van der Waals surface area contributed by atoms with Crippen molar-refractivity contribution in [3.05, 3.63) is 53.5 Å². The molecule has 86 valence electrons. The van der Waals surface area contributed by atoms with Crippen molar-refractivity contribution >= 4 is 5.82 Å². The van der Waals surface area contributed by atoms with Gasteiger partial charge in [0.15, 0.2) is 11.5 Å². The Morgan fingerprint density at radius 2 is 1.94 bits per heavy atom. The summed E-state index contributed by atoms with van der Waals surface area (Å²) in [6, 6.07) is 11.3. The Hall–Kier alpha value is -2.92. The third-order valence-corrected chi connectivity index (χ3v) is 2.32. The lowest BCUT2D eigenvalue weighted by atomic mass is 10.1. The van der Waals surface area contributed by atoms with E-state index in [0.717, 1.165) is 5.56 Å². The quantitative estimate of drug-likeness (QED) is 0.877. The van der Waals surface area contributed by atoms with Crippen LogP contribution in [0.2, 0.25) is 0 Å². The van der Waals surface area contributed by atoms with E-state index in [1.54, 1.807) is 12.1 Å². The van der Waals surface area contributed by atoms with Gasteiger partial charge in [-0.2, -0.15) is 10.5 Å². The molecule has 1 aromatic carbocycles. The van der Waals surface area contributed by atoms with Crippen LogP contribution < -0.4 is 5.32 Å². The molecule has 0 fully saturated rings. The molecule has 0 aliphatic rings. The average Bonchev–Trinajstić information content (AvgIpc) is 2.45. The Kier molecular flexibility index (Phi) is 3.48. The van der Waals surface area contributed by atoms with Crippen molar-refractivity contribution in [3.8, 4) is 12.1 Å². The molecule has 2 aromatic rings. The Morgan fingerprint density at radius 3 is 2.72 bits per heavy atom. The van der Waals surface area contributed by atoms with Crippen LogP contribution in [-0.2, 0) is 6.54 Å². The summed E-state index contributed by atoms with van der Waals surface area (Å²) >= 11 is 0. The second kappa shape index (κ2) is 5.42. The largest absolute Gasteiger partial charge is 0.364 e. The van der Waals surface area contributed by atoms with Crippen LogP contribution in [0.5, 0.6) is 0 Å². The number of nitrogens with zero attached hydrogens (tertiary/aromatic N) is 4. The van der Waals surface area contributed by atoms with Gasteiger partial charge in [-0.3, -0.25) is 0 Å². The highest BCUT2D eigenvalue weighted by atomic mass is 15.0. The summed E-state index contributed by atoms with van der Waals surface area (Å²) in [4.78, 5) is 7.95. The molecule has 0 atom stereocenters. The molecule has 5 heteroatoms. The van der Waals surface area contributed by atoms with E-state index in [9.17, 15) is 0 Å². The van der Waals surface area contributed by atoms with Gasteiger partial charge in [0, 0.05) is 18.9 Å². The van der Waals surface area contributed by atoms with E-state index < -0.39 is 0 Å². The molecule has 0 bridgehead atoms. The molecular weight excluding hydrogens is 226 g/mol. The molecule has 5 nitrogen and oxygen atoms in total. The lowest BCUT2D eigenvalue weighted by molar-refractivity contribution is 1.07. The number of benzene rings is 1.